The van der Waals surface area contributed by atoms with Gasteiger partial charge in [-0.15, -0.1) is 11.3 Å². The van der Waals surface area contributed by atoms with Crippen molar-refractivity contribution in [3.63, 3.8) is 0 Å². The molecule has 0 aliphatic carbocycles. The highest BCUT2D eigenvalue weighted by Crippen LogP contribution is 2.31. The molecule has 6 heteroatoms. The molecular weight excluding hydrogens is 274 g/mol. The molecule has 0 aromatic carbocycles. The van der Waals surface area contributed by atoms with Gasteiger partial charge in [0.25, 0.3) is 5.91 Å². The summed E-state index contributed by atoms with van der Waals surface area (Å²) in [6.07, 6.45) is 2.49. The monoisotopic (exact) mass is 295 g/mol. The molecule has 2 heterocycles. The van der Waals surface area contributed by atoms with Crippen LogP contribution in [0.5, 0.6) is 0 Å². The lowest BCUT2D eigenvalue weighted by atomic mass is 9.85. The standard InChI is InChI=1S/C14H21N3O2S/c1-14(2)5-3-11(18)17(7-6-14)9-10-4-8-20-12(10)13(19)16-15/h4,8H,3,5-7,9,15H2,1-2H3,(H,16,19). The van der Waals surface area contributed by atoms with Crippen LogP contribution in [0.25, 0.3) is 0 Å². The number of thiophene rings is 1. The third kappa shape index (κ3) is 3.37. The molecule has 0 radical (unpaired) electrons. The van der Waals surface area contributed by atoms with E-state index in [2.05, 4.69) is 19.3 Å². The van der Waals surface area contributed by atoms with E-state index in [-0.39, 0.29) is 17.2 Å². The van der Waals surface area contributed by atoms with Crippen molar-refractivity contribution in [3.05, 3.63) is 21.9 Å². The number of rotatable bonds is 3. The van der Waals surface area contributed by atoms with Crippen LogP contribution in [0.15, 0.2) is 11.4 Å². The number of hydrazine groups is 1. The molecule has 0 atom stereocenters. The van der Waals surface area contributed by atoms with Gasteiger partial charge in [0.15, 0.2) is 0 Å². The zero-order valence-corrected chi connectivity index (χ0v) is 12.8. The van der Waals surface area contributed by atoms with E-state index in [9.17, 15) is 9.59 Å². The van der Waals surface area contributed by atoms with Gasteiger partial charge in [0.2, 0.25) is 5.91 Å². The van der Waals surface area contributed by atoms with Crippen molar-refractivity contribution in [2.24, 2.45) is 11.3 Å². The second kappa shape index (κ2) is 5.93. The van der Waals surface area contributed by atoms with Gasteiger partial charge in [-0.2, -0.15) is 0 Å². The lowest BCUT2D eigenvalue weighted by Crippen LogP contribution is -2.33. The Labute approximate surface area is 123 Å². The van der Waals surface area contributed by atoms with Crippen molar-refractivity contribution in [1.29, 1.82) is 0 Å². The molecule has 0 unspecified atom stereocenters. The van der Waals surface area contributed by atoms with Crippen LogP contribution in [0.3, 0.4) is 0 Å². The first-order valence-electron chi connectivity index (χ1n) is 6.78. The fraction of sp³-hybridized carbons (Fsp3) is 0.571. The number of nitrogens with two attached hydrogens (primary N) is 1. The Morgan fingerprint density at radius 1 is 1.50 bits per heavy atom. The van der Waals surface area contributed by atoms with Crippen molar-refractivity contribution in [2.45, 2.75) is 39.7 Å². The van der Waals surface area contributed by atoms with Crippen LogP contribution in [0.2, 0.25) is 0 Å². The molecule has 3 N–H and O–H groups in total. The van der Waals surface area contributed by atoms with Crippen LogP contribution < -0.4 is 11.3 Å². The van der Waals surface area contributed by atoms with Crippen molar-refractivity contribution in [3.8, 4) is 0 Å². The maximum Gasteiger partial charge on any atom is 0.275 e. The summed E-state index contributed by atoms with van der Waals surface area (Å²) in [4.78, 5) is 26.3. The first-order chi connectivity index (χ1) is 9.43. The molecule has 1 fully saturated rings. The summed E-state index contributed by atoms with van der Waals surface area (Å²) in [6, 6.07) is 1.89. The Kier molecular flexibility index (Phi) is 4.45. The predicted octanol–water partition coefficient (Wildman–Crippen LogP) is 1.89. The SMILES string of the molecule is CC1(C)CCC(=O)N(Cc2ccsc2C(=O)NN)CC1. The molecule has 0 spiro atoms. The number of nitrogen functional groups attached to an aromatic ring is 1. The fourth-order valence-electron chi connectivity index (χ4n) is 2.39. The van der Waals surface area contributed by atoms with E-state index in [0.29, 0.717) is 17.8 Å². The van der Waals surface area contributed by atoms with Gasteiger partial charge >= 0.3 is 0 Å². The van der Waals surface area contributed by atoms with Crippen LogP contribution in [0.1, 0.15) is 48.3 Å². The molecule has 2 rings (SSSR count). The van der Waals surface area contributed by atoms with Crippen molar-refractivity contribution >= 4 is 23.2 Å². The zero-order chi connectivity index (χ0) is 14.8. The van der Waals surface area contributed by atoms with E-state index in [1.165, 1.54) is 11.3 Å². The van der Waals surface area contributed by atoms with Crippen LogP contribution >= 0.6 is 11.3 Å². The Morgan fingerprint density at radius 2 is 2.25 bits per heavy atom. The molecule has 1 saturated heterocycles. The smallest absolute Gasteiger partial charge is 0.275 e. The number of likely N-dealkylation sites (tertiary alicyclic amines) is 1. The summed E-state index contributed by atoms with van der Waals surface area (Å²) in [5, 5.41) is 1.85. The highest BCUT2D eigenvalue weighted by Gasteiger charge is 2.28. The summed E-state index contributed by atoms with van der Waals surface area (Å²) < 4.78 is 0. The summed E-state index contributed by atoms with van der Waals surface area (Å²) in [5.74, 6) is 5.05. The van der Waals surface area contributed by atoms with Gasteiger partial charge in [0.1, 0.15) is 0 Å². The molecular formula is C14H21N3O2S. The average Bonchev–Trinajstić information content (AvgIpc) is 2.83. The Morgan fingerprint density at radius 3 is 2.95 bits per heavy atom. The number of amides is 2. The molecule has 1 aliphatic rings. The molecule has 1 aromatic rings. The quantitative estimate of drug-likeness (QED) is 0.508. The molecule has 1 aliphatic heterocycles. The highest BCUT2D eigenvalue weighted by atomic mass is 32.1. The number of hydrogen-bond donors (Lipinski definition) is 2. The topological polar surface area (TPSA) is 75.4 Å². The molecule has 2 amide bonds. The number of carbonyl (C=O) groups is 2. The summed E-state index contributed by atoms with van der Waals surface area (Å²) >= 11 is 1.35. The van der Waals surface area contributed by atoms with Crippen LogP contribution in [0, 0.1) is 5.41 Å². The first-order valence-corrected chi connectivity index (χ1v) is 7.66. The van der Waals surface area contributed by atoms with E-state index in [4.69, 9.17) is 5.84 Å². The Hall–Kier alpha value is -1.40. The minimum Gasteiger partial charge on any atom is -0.338 e. The normalized spacial score (nSPS) is 18.8. The van der Waals surface area contributed by atoms with E-state index >= 15 is 0 Å². The lowest BCUT2D eigenvalue weighted by Gasteiger charge is -2.23. The van der Waals surface area contributed by atoms with Crippen LogP contribution in [0.4, 0.5) is 0 Å². The van der Waals surface area contributed by atoms with Gasteiger partial charge in [-0.05, 0) is 35.3 Å². The summed E-state index contributed by atoms with van der Waals surface area (Å²) in [6.45, 7) is 5.62. The first kappa shape index (κ1) is 15.0. The van der Waals surface area contributed by atoms with Gasteiger partial charge in [0.05, 0.1) is 4.88 Å². The minimum absolute atomic E-state index is 0.167. The third-order valence-corrected chi connectivity index (χ3v) is 4.83. The van der Waals surface area contributed by atoms with Gasteiger partial charge in [0, 0.05) is 19.5 Å². The van der Waals surface area contributed by atoms with Gasteiger partial charge < -0.3 is 4.90 Å². The van der Waals surface area contributed by atoms with Crippen LogP contribution in [-0.2, 0) is 11.3 Å². The zero-order valence-electron chi connectivity index (χ0n) is 11.9. The second-order valence-corrected chi connectivity index (χ2v) is 6.89. The third-order valence-electron chi connectivity index (χ3n) is 3.87. The van der Waals surface area contributed by atoms with Crippen molar-refractivity contribution in [2.75, 3.05) is 6.54 Å². The van der Waals surface area contributed by atoms with E-state index in [1.807, 2.05) is 16.3 Å². The van der Waals surface area contributed by atoms with Crippen molar-refractivity contribution in [1.82, 2.24) is 10.3 Å². The van der Waals surface area contributed by atoms with Gasteiger partial charge in [-0.1, -0.05) is 13.8 Å². The predicted molar refractivity (Wildman–Crippen MR) is 79.0 cm³/mol. The van der Waals surface area contributed by atoms with E-state index in [0.717, 1.165) is 24.9 Å². The highest BCUT2D eigenvalue weighted by molar-refractivity contribution is 7.12. The van der Waals surface area contributed by atoms with Crippen LogP contribution in [-0.4, -0.2) is 23.3 Å². The number of nitrogens with zero attached hydrogens (tertiary/aromatic N) is 1. The fourth-order valence-corrected chi connectivity index (χ4v) is 3.21. The molecule has 1 aromatic heterocycles. The Bertz CT molecular complexity index is 510. The van der Waals surface area contributed by atoms with Gasteiger partial charge in [-0.3, -0.25) is 15.0 Å². The molecule has 0 saturated carbocycles. The number of carbonyl (C=O) groups excluding carboxylic acids is 2. The number of nitrogens with one attached hydrogen (secondary N) is 1. The number of hydrogen-bond acceptors (Lipinski definition) is 4. The maximum absolute atomic E-state index is 12.2. The minimum atomic E-state index is -0.294. The van der Waals surface area contributed by atoms with E-state index < -0.39 is 0 Å². The molecule has 0 bridgehead atoms. The molecule has 110 valence electrons. The maximum atomic E-state index is 12.2. The Balaban J connectivity index is 2.11. The molecule has 20 heavy (non-hydrogen) atoms. The van der Waals surface area contributed by atoms with E-state index in [1.54, 1.807) is 0 Å². The average molecular weight is 295 g/mol. The second-order valence-electron chi connectivity index (χ2n) is 5.98. The van der Waals surface area contributed by atoms with Gasteiger partial charge in [-0.25, -0.2) is 5.84 Å². The summed E-state index contributed by atoms with van der Waals surface area (Å²) in [7, 11) is 0. The largest absolute Gasteiger partial charge is 0.338 e. The summed E-state index contributed by atoms with van der Waals surface area (Å²) in [5.41, 5.74) is 3.22. The van der Waals surface area contributed by atoms with Crippen molar-refractivity contribution < 1.29 is 9.59 Å². The molecule has 5 nitrogen and oxygen atoms in total. The lowest BCUT2D eigenvalue weighted by molar-refractivity contribution is -0.131.